The molecule has 0 amide bonds. The zero-order valence-electron chi connectivity index (χ0n) is 17.8. The Kier molecular flexibility index (Phi) is 4.64. The topological polar surface area (TPSA) is 60.4 Å². The van der Waals surface area contributed by atoms with Crippen LogP contribution in [0.15, 0.2) is 24.3 Å². The Bertz CT molecular complexity index is 1140. The predicted molar refractivity (Wildman–Crippen MR) is 116 cm³/mol. The van der Waals surface area contributed by atoms with E-state index in [1.54, 1.807) is 28.4 Å². The van der Waals surface area contributed by atoms with E-state index in [4.69, 9.17) is 18.9 Å². The maximum absolute atomic E-state index is 11.4. The molecule has 2 aliphatic heterocycles. The van der Waals surface area contributed by atoms with E-state index in [-0.39, 0.29) is 6.04 Å². The Hall–Kier alpha value is -2.70. The molecule has 5 rings (SSSR count). The average molecular weight is 409 g/mol. The maximum atomic E-state index is 11.4. The van der Waals surface area contributed by atoms with Crippen molar-refractivity contribution in [1.29, 1.82) is 0 Å². The lowest BCUT2D eigenvalue weighted by atomic mass is 9.83. The zero-order chi connectivity index (χ0) is 21.0. The van der Waals surface area contributed by atoms with Crippen LogP contribution in [0, 0.1) is 0 Å². The molecule has 1 N–H and O–H groups in total. The molecule has 2 atom stereocenters. The second-order valence-electron chi connectivity index (χ2n) is 7.99. The Morgan fingerprint density at radius 3 is 2.23 bits per heavy atom. The van der Waals surface area contributed by atoms with Gasteiger partial charge in [-0.2, -0.15) is 0 Å². The van der Waals surface area contributed by atoms with Crippen LogP contribution in [0.25, 0.3) is 21.5 Å². The molecule has 1 saturated heterocycles. The fourth-order valence-electron chi connectivity index (χ4n) is 5.37. The van der Waals surface area contributed by atoms with Crippen LogP contribution in [0.2, 0.25) is 0 Å². The van der Waals surface area contributed by atoms with Crippen molar-refractivity contribution in [3.8, 4) is 23.0 Å². The van der Waals surface area contributed by atoms with Gasteiger partial charge in [0, 0.05) is 18.0 Å². The monoisotopic (exact) mass is 409 g/mol. The van der Waals surface area contributed by atoms with E-state index in [1.165, 1.54) is 0 Å². The number of hydrogen-bond acceptors (Lipinski definition) is 6. The van der Waals surface area contributed by atoms with Crippen molar-refractivity contribution in [3.05, 3.63) is 35.4 Å². The zero-order valence-corrected chi connectivity index (χ0v) is 17.8. The van der Waals surface area contributed by atoms with Crippen molar-refractivity contribution < 1.29 is 24.1 Å². The lowest BCUT2D eigenvalue weighted by Crippen LogP contribution is -2.39. The van der Waals surface area contributed by atoms with Gasteiger partial charge < -0.3 is 24.1 Å². The molecule has 0 radical (unpaired) electrons. The molecule has 6 heteroatoms. The number of ether oxygens (including phenoxy) is 4. The van der Waals surface area contributed by atoms with Crippen molar-refractivity contribution in [2.24, 2.45) is 0 Å². The van der Waals surface area contributed by atoms with Crippen LogP contribution >= 0.6 is 0 Å². The van der Waals surface area contributed by atoms with E-state index < -0.39 is 6.10 Å². The smallest absolute Gasteiger partial charge is 0.169 e. The molecular formula is C24H27NO5. The number of aliphatic hydroxyl groups is 1. The molecule has 0 spiro atoms. The Morgan fingerprint density at radius 2 is 1.57 bits per heavy atom. The van der Waals surface area contributed by atoms with Gasteiger partial charge in [0.1, 0.15) is 0 Å². The third kappa shape index (κ3) is 2.57. The second kappa shape index (κ2) is 7.22. The number of benzene rings is 3. The summed E-state index contributed by atoms with van der Waals surface area (Å²) in [6, 6.07) is 8.14. The first-order valence-corrected chi connectivity index (χ1v) is 10.3. The molecule has 0 aliphatic carbocycles. The molecule has 0 aromatic heterocycles. The third-order valence-electron chi connectivity index (χ3n) is 6.71. The van der Waals surface area contributed by atoms with Crippen molar-refractivity contribution >= 4 is 21.5 Å². The Balaban J connectivity index is 1.97. The lowest BCUT2D eigenvalue weighted by Gasteiger charge is -2.37. The van der Waals surface area contributed by atoms with Crippen molar-refractivity contribution in [2.75, 3.05) is 35.0 Å². The van der Waals surface area contributed by atoms with Gasteiger partial charge in [-0.15, -0.1) is 0 Å². The molecule has 3 aromatic rings. The SMILES string of the molecule is COc1cc2c3c(c4ccc(OC)c(OC)c4c2cc1OC)C(O)[C@H]1CCCN1C3. The largest absolute Gasteiger partial charge is 0.493 e. The number of hydrogen-bond donors (Lipinski definition) is 1. The first-order valence-electron chi connectivity index (χ1n) is 10.3. The minimum Gasteiger partial charge on any atom is -0.493 e. The van der Waals surface area contributed by atoms with Gasteiger partial charge in [0.2, 0.25) is 0 Å². The van der Waals surface area contributed by atoms with Crippen molar-refractivity contribution in [2.45, 2.75) is 31.5 Å². The number of aliphatic hydroxyl groups excluding tert-OH is 1. The van der Waals surface area contributed by atoms with Crippen molar-refractivity contribution in [1.82, 2.24) is 4.90 Å². The lowest BCUT2D eigenvalue weighted by molar-refractivity contribution is 0.0552. The van der Waals surface area contributed by atoms with Crippen LogP contribution in [-0.2, 0) is 6.54 Å². The maximum Gasteiger partial charge on any atom is 0.169 e. The van der Waals surface area contributed by atoms with E-state index >= 15 is 0 Å². The van der Waals surface area contributed by atoms with Crippen LogP contribution in [0.5, 0.6) is 23.0 Å². The number of nitrogens with zero attached hydrogens (tertiary/aromatic N) is 1. The second-order valence-corrected chi connectivity index (χ2v) is 7.99. The summed E-state index contributed by atoms with van der Waals surface area (Å²) in [6.07, 6.45) is 1.58. The highest BCUT2D eigenvalue weighted by Gasteiger charge is 2.39. The minimum atomic E-state index is -0.547. The van der Waals surface area contributed by atoms with Crippen LogP contribution in [-0.4, -0.2) is 51.0 Å². The summed E-state index contributed by atoms with van der Waals surface area (Å²) in [7, 11) is 6.57. The first-order chi connectivity index (χ1) is 14.6. The van der Waals surface area contributed by atoms with Crippen LogP contribution < -0.4 is 18.9 Å². The van der Waals surface area contributed by atoms with Crippen LogP contribution in [0.3, 0.4) is 0 Å². The quantitative estimate of drug-likeness (QED) is 0.657. The molecule has 2 heterocycles. The molecule has 30 heavy (non-hydrogen) atoms. The van der Waals surface area contributed by atoms with Gasteiger partial charge in [-0.25, -0.2) is 0 Å². The summed E-state index contributed by atoms with van der Waals surface area (Å²) in [6.45, 7) is 1.83. The van der Waals surface area contributed by atoms with E-state index in [0.29, 0.717) is 23.0 Å². The minimum absolute atomic E-state index is 0.159. The normalized spacial score (nSPS) is 20.8. The van der Waals surface area contributed by atoms with Crippen LogP contribution in [0.1, 0.15) is 30.1 Å². The Labute approximate surface area is 175 Å². The summed E-state index contributed by atoms with van der Waals surface area (Å²) in [5, 5.41) is 15.4. The molecule has 158 valence electrons. The van der Waals surface area contributed by atoms with E-state index in [1.807, 2.05) is 24.3 Å². The highest BCUT2D eigenvalue weighted by atomic mass is 16.5. The number of fused-ring (bicyclic) bond motifs is 7. The fourth-order valence-corrected chi connectivity index (χ4v) is 5.37. The highest BCUT2D eigenvalue weighted by molar-refractivity contribution is 6.15. The Morgan fingerprint density at radius 1 is 0.867 bits per heavy atom. The summed E-state index contributed by atoms with van der Waals surface area (Å²) in [5.74, 6) is 2.66. The van der Waals surface area contributed by atoms with Crippen LogP contribution in [0.4, 0.5) is 0 Å². The molecule has 6 nitrogen and oxygen atoms in total. The molecular weight excluding hydrogens is 382 g/mol. The summed E-state index contributed by atoms with van der Waals surface area (Å²) >= 11 is 0. The first kappa shape index (κ1) is 19.3. The molecule has 0 saturated carbocycles. The molecule has 1 fully saturated rings. The summed E-state index contributed by atoms with van der Waals surface area (Å²) < 4.78 is 22.6. The number of rotatable bonds is 4. The van der Waals surface area contributed by atoms with E-state index in [9.17, 15) is 5.11 Å². The molecule has 1 unspecified atom stereocenters. The number of methoxy groups -OCH3 is 4. The van der Waals surface area contributed by atoms with Gasteiger partial charge in [0.15, 0.2) is 23.0 Å². The van der Waals surface area contributed by atoms with Gasteiger partial charge >= 0.3 is 0 Å². The van der Waals surface area contributed by atoms with Crippen molar-refractivity contribution in [3.63, 3.8) is 0 Å². The van der Waals surface area contributed by atoms with Gasteiger partial charge in [0.25, 0.3) is 0 Å². The molecule has 2 aliphatic rings. The van der Waals surface area contributed by atoms with E-state index in [0.717, 1.165) is 58.6 Å². The predicted octanol–water partition coefficient (Wildman–Crippen LogP) is 4.04. The van der Waals surface area contributed by atoms with Gasteiger partial charge in [-0.05, 0) is 64.9 Å². The third-order valence-corrected chi connectivity index (χ3v) is 6.71. The van der Waals surface area contributed by atoms with Gasteiger partial charge in [-0.1, -0.05) is 6.07 Å². The standard InChI is InChI=1S/C24H27NO5/c1-27-18-8-7-13-21-16(12-25-9-5-6-17(25)23(21)26)14-10-19(28-2)20(29-3)11-15(14)22(13)24(18)30-4/h7-8,10-11,17,23,26H,5-6,9,12H2,1-4H3/t17-,23?/m1/s1. The average Bonchev–Trinajstić information content (AvgIpc) is 3.26. The summed E-state index contributed by atoms with van der Waals surface area (Å²) in [4.78, 5) is 2.40. The molecule has 0 bridgehead atoms. The van der Waals surface area contributed by atoms with E-state index in [2.05, 4.69) is 4.90 Å². The fraction of sp³-hybridized carbons (Fsp3) is 0.417. The summed E-state index contributed by atoms with van der Waals surface area (Å²) in [5.41, 5.74) is 2.14. The van der Waals surface area contributed by atoms with Gasteiger partial charge in [-0.3, -0.25) is 4.90 Å². The molecule has 3 aromatic carbocycles. The van der Waals surface area contributed by atoms with Gasteiger partial charge in [0.05, 0.1) is 34.5 Å². The highest BCUT2D eigenvalue weighted by Crippen LogP contribution is 2.50.